The van der Waals surface area contributed by atoms with E-state index < -0.39 is 10.0 Å². The lowest BCUT2D eigenvalue weighted by atomic mass is 10.0. The zero-order valence-electron chi connectivity index (χ0n) is 16.9. The summed E-state index contributed by atoms with van der Waals surface area (Å²) in [6.45, 7) is 3.67. The third kappa shape index (κ3) is 3.32. The number of pyridine rings is 1. The predicted octanol–water partition coefficient (Wildman–Crippen LogP) is 4.23. The summed E-state index contributed by atoms with van der Waals surface area (Å²) in [4.78, 5) is 4.71. The van der Waals surface area contributed by atoms with Crippen molar-refractivity contribution in [3.8, 4) is 11.5 Å². The zero-order chi connectivity index (χ0) is 20.7. The van der Waals surface area contributed by atoms with E-state index in [2.05, 4.69) is 4.98 Å². The molecule has 2 aromatic carbocycles. The average molecular weight is 425 g/mol. The minimum atomic E-state index is -3.71. The quantitative estimate of drug-likeness (QED) is 0.629. The summed E-state index contributed by atoms with van der Waals surface area (Å²) in [5.74, 6) is 1.41. The molecule has 6 nitrogen and oxygen atoms in total. The highest BCUT2D eigenvalue weighted by atomic mass is 32.2. The number of benzene rings is 2. The van der Waals surface area contributed by atoms with E-state index in [1.165, 1.54) is 0 Å². The van der Waals surface area contributed by atoms with Gasteiger partial charge in [-0.3, -0.25) is 4.98 Å². The van der Waals surface area contributed by atoms with Crippen molar-refractivity contribution in [2.75, 3.05) is 19.8 Å². The molecule has 1 fully saturated rings. The van der Waals surface area contributed by atoms with Crippen LogP contribution in [-0.4, -0.2) is 37.5 Å². The molecule has 1 saturated heterocycles. The molecule has 0 spiro atoms. The molecular weight excluding hydrogens is 400 g/mol. The van der Waals surface area contributed by atoms with Gasteiger partial charge in [-0.2, -0.15) is 4.31 Å². The minimum absolute atomic E-state index is 0.229. The van der Waals surface area contributed by atoms with Gasteiger partial charge in [-0.05, 0) is 55.2 Å². The van der Waals surface area contributed by atoms with Gasteiger partial charge in [-0.25, -0.2) is 8.42 Å². The number of para-hydroxylation sites is 1. The fraction of sp³-hybridized carbons (Fsp3) is 0.348. The topological polar surface area (TPSA) is 68.7 Å². The molecule has 3 heterocycles. The van der Waals surface area contributed by atoms with Crippen LogP contribution in [0.5, 0.6) is 11.5 Å². The van der Waals surface area contributed by atoms with Crippen molar-refractivity contribution in [2.24, 2.45) is 0 Å². The van der Waals surface area contributed by atoms with Gasteiger partial charge in [-0.15, -0.1) is 0 Å². The zero-order valence-corrected chi connectivity index (χ0v) is 17.7. The summed E-state index contributed by atoms with van der Waals surface area (Å²) in [7, 11) is -3.71. The summed E-state index contributed by atoms with van der Waals surface area (Å²) < 4.78 is 40.5. The Hall–Kier alpha value is -2.64. The van der Waals surface area contributed by atoms with Crippen LogP contribution in [0.1, 0.15) is 36.4 Å². The van der Waals surface area contributed by atoms with Crippen LogP contribution < -0.4 is 9.47 Å². The van der Waals surface area contributed by atoms with Crippen molar-refractivity contribution < 1.29 is 17.9 Å². The number of aryl methyl sites for hydroxylation is 1. The van der Waals surface area contributed by atoms with Crippen molar-refractivity contribution in [3.05, 3.63) is 59.8 Å². The highest BCUT2D eigenvalue weighted by molar-refractivity contribution is 7.89. The molecule has 7 heteroatoms. The predicted molar refractivity (Wildman–Crippen MR) is 114 cm³/mol. The lowest BCUT2D eigenvalue weighted by molar-refractivity contribution is 0.296. The Bertz CT molecular complexity index is 1210. The number of fused-ring (bicyclic) bond motifs is 2. The number of nitrogens with zero attached hydrogens (tertiary/aromatic N) is 2. The lowest BCUT2D eigenvalue weighted by Gasteiger charge is -2.25. The first-order valence-electron chi connectivity index (χ1n) is 10.3. The molecule has 1 atom stereocenters. The van der Waals surface area contributed by atoms with Crippen LogP contribution in [0, 0.1) is 6.92 Å². The van der Waals surface area contributed by atoms with Crippen molar-refractivity contribution in [1.29, 1.82) is 0 Å². The second-order valence-electron chi connectivity index (χ2n) is 7.87. The van der Waals surface area contributed by atoms with E-state index in [-0.39, 0.29) is 10.9 Å². The molecule has 0 aliphatic carbocycles. The highest BCUT2D eigenvalue weighted by Crippen LogP contribution is 2.41. The van der Waals surface area contributed by atoms with Crippen LogP contribution >= 0.6 is 0 Å². The lowest BCUT2D eigenvalue weighted by Crippen LogP contribution is -2.31. The molecule has 30 heavy (non-hydrogen) atoms. The molecule has 0 N–H and O–H groups in total. The first-order chi connectivity index (χ1) is 14.5. The summed E-state index contributed by atoms with van der Waals surface area (Å²) in [6, 6.07) is 12.9. The molecule has 156 valence electrons. The van der Waals surface area contributed by atoms with Gasteiger partial charge in [0.2, 0.25) is 10.0 Å². The molecule has 1 aromatic heterocycles. The summed E-state index contributed by atoms with van der Waals surface area (Å²) >= 11 is 0. The van der Waals surface area contributed by atoms with Crippen LogP contribution in [0.25, 0.3) is 10.9 Å². The Labute approximate surface area is 176 Å². The van der Waals surface area contributed by atoms with E-state index in [0.717, 1.165) is 41.5 Å². The number of sulfonamides is 1. The summed E-state index contributed by atoms with van der Waals surface area (Å²) in [5.41, 5.74) is 2.46. The molecule has 3 aromatic rings. The van der Waals surface area contributed by atoms with Crippen LogP contribution in [0.4, 0.5) is 0 Å². The Morgan fingerprint density at radius 1 is 1.03 bits per heavy atom. The Balaban J connectivity index is 1.54. The molecule has 0 saturated carbocycles. The van der Waals surface area contributed by atoms with E-state index in [1.54, 1.807) is 22.6 Å². The molecule has 5 rings (SSSR count). The van der Waals surface area contributed by atoms with Crippen molar-refractivity contribution in [3.63, 3.8) is 0 Å². The van der Waals surface area contributed by atoms with Gasteiger partial charge >= 0.3 is 0 Å². The van der Waals surface area contributed by atoms with Gasteiger partial charge in [0, 0.05) is 24.5 Å². The van der Waals surface area contributed by atoms with Crippen molar-refractivity contribution >= 4 is 20.9 Å². The molecule has 0 unspecified atom stereocenters. The van der Waals surface area contributed by atoms with Crippen molar-refractivity contribution in [2.45, 2.75) is 37.1 Å². The number of hydrogen-bond acceptors (Lipinski definition) is 5. The van der Waals surface area contributed by atoms with Gasteiger partial charge in [0.25, 0.3) is 0 Å². The number of ether oxygens (including phenoxy) is 2. The van der Waals surface area contributed by atoms with Crippen LogP contribution in [0.2, 0.25) is 0 Å². The van der Waals surface area contributed by atoms with Gasteiger partial charge in [0.05, 0.1) is 24.8 Å². The number of rotatable bonds is 3. The normalized spacial score (nSPS) is 19.7. The maximum atomic E-state index is 13.7. The number of hydrogen-bond donors (Lipinski definition) is 0. The number of aromatic nitrogens is 1. The minimum Gasteiger partial charge on any atom is -0.490 e. The van der Waals surface area contributed by atoms with Gasteiger partial charge in [0.1, 0.15) is 4.90 Å². The van der Waals surface area contributed by atoms with Crippen LogP contribution in [0.3, 0.4) is 0 Å². The second-order valence-corrected chi connectivity index (χ2v) is 9.73. The molecule has 0 bridgehead atoms. The maximum absolute atomic E-state index is 13.7. The Morgan fingerprint density at radius 3 is 2.73 bits per heavy atom. The standard InChI is InChI=1S/C23H24N2O4S/c1-16-13-18-5-2-7-22(23(18)24-15-16)30(26,27)25-10-3-6-19(25)17-8-9-20-21(14-17)29-12-4-11-28-20/h2,5,7-9,13-15,19H,3-4,6,10-12H2,1H3/t19-/m1/s1. The van der Waals surface area contributed by atoms with E-state index in [9.17, 15) is 8.42 Å². The first-order valence-corrected chi connectivity index (χ1v) is 11.7. The van der Waals surface area contributed by atoms with E-state index >= 15 is 0 Å². The molecule has 0 amide bonds. The second kappa shape index (κ2) is 7.56. The fourth-order valence-corrected chi connectivity index (χ4v) is 6.18. The van der Waals surface area contributed by atoms with E-state index in [0.29, 0.717) is 31.0 Å². The Kier molecular flexibility index (Phi) is 4.87. The smallest absolute Gasteiger partial charge is 0.245 e. The summed E-state index contributed by atoms with van der Waals surface area (Å²) in [5, 5.41) is 0.836. The van der Waals surface area contributed by atoms with Gasteiger partial charge < -0.3 is 9.47 Å². The third-order valence-electron chi connectivity index (χ3n) is 5.76. The molecular formula is C23H24N2O4S. The summed E-state index contributed by atoms with van der Waals surface area (Å²) in [6.07, 6.45) is 4.14. The van der Waals surface area contributed by atoms with Gasteiger partial charge in [-0.1, -0.05) is 18.2 Å². The highest BCUT2D eigenvalue weighted by Gasteiger charge is 2.37. The average Bonchev–Trinajstić information content (AvgIpc) is 3.13. The monoisotopic (exact) mass is 424 g/mol. The van der Waals surface area contributed by atoms with Crippen LogP contribution in [-0.2, 0) is 10.0 Å². The third-order valence-corrected chi connectivity index (χ3v) is 7.70. The SMILES string of the molecule is Cc1cnc2c(S(=O)(=O)N3CCC[C@@H]3c3ccc4c(c3)OCCCO4)cccc2c1. The van der Waals surface area contributed by atoms with Gasteiger partial charge in [0.15, 0.2) is 11.5 Å². The first kappa shape index (κ1) is 19.3. The Morgan fingerprint density at radius 2 is 1.87 bits per heavy atom. The maximum Gasteiger partial charge on any atom is 0.245 e. The van der Waals surface area contributed by atoms with E-state index in [4.69, 9.17) is 9.47 Å². The van der Waals surface area contributed by atoms with Crippen molar-refractivity contribution in [1.82, 2.24) is 9.29 Å². The molecule has 0 radical (unpaired) electrons. The molecule has 2 aliphatic rings. The van der Waals surface area contributed by atoms with Crippen LogP contribution in [0.15, 0.2) is 53.6 Å². The fourth-order valence-electron chi connectivity index (χ4n) is 4.33. The van der Waals surface area contributed by atoms with E-state index in [1.807, 2.05) is 37.3 Å². The largest absolute Gasteiger partial charge is 0.490 e. The molecule has 2 aliphatic heterocycles.